The quantitative estimate of drug-likeness (QED) is 0.338. The summed E-state index contributed by atoms with van der Waals surface area (Å²) >= 11 is 7.74. The van der Waals surface area contributed by atoms with E-state index in [1.54, 1.807) is 29.5 Å². The maximum absolute atomic E-state index is 12.4. The first kappa shape index (κ1) is 22.4. The van der Waals surface area contributed by atoms with E-state index in [1.807, 2.05) is 54.8 Å². The Kier molecular flexibility index (Phi) is 8.11. The maximum atomic E-state index is 12.4. The molecule has 1 heterocycles. The summed E-state index contributed by atoms with van der Waals surface area (Å²) in [6.45, 7) is 3.00. The van der Waals surface area contributed by atoms with Crippen molar-refractivity contribution in [1.82, 2.24) is 5.32 Å². The first-order valence-electron chi connectivity index (χ1n) is 9.66. The third kappa shape index (κ3) is 6.35. The first-order chi connectivity index (χ1) is 15.1. The summed E-state index contributed by atoms with van der Waals surface area (Å²) in [6.07, 6.45) is 1.53. The molecule has 0 aliphatic carbocycles. The van der Waals surface area contributed by atoms with Crippen LogP contribution in [0, 0.1) is 11.3 Å². The van der Waals surface area contributed by atoms with E-state index in [4.69, 9.17) is 21.1 Å². The van der Waals surface area contributed by atoms with Gasteiger partial charge in [-0.1, -0.05) is 41.9 Å². The van der Waals surface area contributed by atoms with E-state index >= 15 is 0 Å². The molecule has 1 aromatic heterocycles. The summed E-state index contributed by atoms with van der Waals surface area (Å²) in [5.41, 5.74) is 1.55. The van der Waals surface area contributed by atoms with Crippen LogP contribution in [0.1, 0.15) is 22.9 Å². The number of nitrogens with zero attached hydrogens (tertiary/aromatic N) is 1. The Balaban J connectivity index is 1.74. The minimum atomic E-state index is -0.423. The van der Waals surface area contributed by atoms with Crippen molar-refractivity contribution in [2.75, 3.05) is 6.61 Å². The molecule has 0 aliphatic rings. The van der Waals surface area contributed by atoms with Crippen molar-refractivity contribution in [2.45, 2.75) is 20.1 Å². The van der Waals surface area contributed by atoms with E-state index in [0.29, 0.717) is 41.8 Å². The zero-order chi connectivity index (χ0) is 22.1. The molecule has 0 radical (unpaired) electrons. The zero-order valence-electron chi connectivity index (χ0n) is 16.9. The number of hydrogen-bond acceptors (Lipinski definition) is 5. The molecule has 158 valence electrons. The normalized spacial score (nSPS) is 10.9. The number of carbonyl (C=O) groups is 1. The number of rotatable bonds is 9. The van der Waals surface area contributed by atoms with Crippen molar-refractivity contribution >= 4 is 34.9 Å². The van der Waals surface area contributed by atoms with Gasteiger partial charge in [0, 0.05) is 15.5 Å². The lowest BCUT2D eigenvalue weighted by Crippen LogP contribution is -2.23. The van der Waals surface area contributed by atoms with Gasteiger partial charge >= 0.3 is 0 Å². The summed E-state index contributed by atoms with van der Waals surface area (Å²) in [5.74, 6) is 0.659. The molecule has 0 spiro atoms. The fourth-order valence-corrected chi connectivity index (χ4v) is 3.60. The fraction of sp³-hybridized carbons (Fsp3) is 0.167. The smallest absolute Gasteiger partial charge is 0.262 e. The van der Waals surface area contributed by atoms with Crippen LogP contribution >= 0.6 is 22.9 Å². The van der Waals surface area contributed by atoms with E-state index in [-0.39, 0.29) is 5.57 Å². The van der Waals surface area contributed by atoms with Crippen LogP contribution in [0.25, 0.3) is 6.08 Å². The van der Waals surface area contributed by atoms with Crippen molar-refractivity contribution in [3.63, 3.8) is 0 Å². The Morgan fingerprint density at radius 2 is 2.00 bits per heavy atom. The SMILES string of the molecule is CCOc1cc(/C=C(\C#N)C(=O)NCc2cccs2)ccc1OCc1ccccc1Cl. The highest BCUT2D eigenvalue weighted by molar-refractivity contribution is 7.09. The number of nitrogens with one attached hydrogen (secondary N) is 1. The Labute approximate surface area is 190 Å². The first-order valence-corrected chi connectivity index (χ1v) is 10.9. The van der Waals surface area contributed by atoms with Crippen molar-refractivity contribution in [3.05, 3.63) is 86.6 Å². The average molecular weight is 453 g/mol. The highest BCUT2D eigenvalue weighted by Gasteiger charge is 2.12. The monoisotopic (exact) mass is 452 g/mol. The number of ether oxygens (including phenoxy) is 2. The predicted octanol–water partition coefficient (Wildman–Crippen LogP) is 5.60. The molecule has 3 aromatic rings. The number of nitriles is 1. The third-order valence-corrected chi connectivity index (χ3v) is 5.53. The van der Waals surface area contributed by atoms with E-state index in [0.717, 1.165) is 10.4 Å². The highest BCUT2D eigenvalue weighted by Crippen LogP contribution is 2.31. The minimum absolute atomic E-state index is 0.0174. The van der Waals surface area contributed by atoms with Crippen LogP contribution in [0.15, 0.2) is 65.6 Å². The molecule has 7 heteroatoms. The van der Waals surface area contributed by atoms with Gasteiger partial charge in [0.15, 0.2) is 11.5 Å². The van der Waals surface area contributed by atoms with Crippen molar-refractivity contribution < 1.29 is 14.3 Å². The van der Waals surface area contributed by atoms with Gasteiger partial charge in [-0.25, -0.2) is 0 Å². The van der Waals surface area contributed by atoms with Gasteiger partial charge < -0.3 is 14.8 Å². The molecule has 0 bridgehead atoms. The summed E-state index contributed by atoms with van der Waals surface area (Å²) in [7, 11) is 0. The lowest BCUT2D eigenvalue weighted by atomic mass is 10.1. The molecule has 5 nitrogen and oxygen atoms in total. The van der Waals surface area contributed by atoms with Crippen molar-refractivity contribution in [3.8, 4) is 17.6 Å². The van der Waals surface area contributed by atoms with Crippen LogP contribution in [-0.4, -0.2) is 12.5 Å². The van der Waals surface area contributed by atoms with Crippen LogP contribution in [0.3, 0.4) is 0 Å². The van der Waals surface area contributed by atoms with E-state index < -0.39 is 5.91 Å². The topological polar surface area (TPSA) is 71.3 Å². The van der Waals surface area contributed by atoms with Crippen molar-refractivity contribution in [1.29, 1.82) is 5.26 Å². The molecule has 31 heavy (non-hydrogen) atoms. The summed E-state index contributed by atoms with van der Waals surface area (Å²) in [6, 6.07) is 18.5. The van der Waals surface area contributed by atoms with Crippen LogP contribution < -0.4 is 14.8 Å². The number of halogens is 1. The molecule has 0 saturated carbocycles. The molecule has 0 fully saturated rings. The van der Waals surface area contributed by atoms with Crippen LogP contribution in [0.2, 0.25) is 5.02 Å². The molecule has 2 aromatic carbocycles. The van der Waals surface area contributed by atoms with E-state index in [9.17, 15) is 10.1 Å². The molecular weight excluding hydrogens is 432 g/mol. The largest absolute Gasteiger partial charge is 0.490 e. The Morgan fingerprint density at radius 3 is 2.71 bits per heavy atom. The Bertz CT molecular complexity index is 1100. The lowest BCUT2D eigenvalue weighted by molar-refractivity contribution is -0.117. The molecule has 1 amide bonds. The van der Waals surface area contributed by atoms with Gasteiger partial charge in [0.25, 0.3) is 5.91 Å². The van der Waals surface area contributed by atoms with E-state index in [2.05, 4.69) is 5.32 Å². The van der Waals surface area contributed by atoms with Crippen LogP contribution in [0.5, 0.6) is 11.5 Å². The predicted molar refractivity (Wildman–Crippen MR) is 123 cm³/mol. The number of hydrogen-bond donors (Lipinski definition) is 1. The Hall–Kier alpha value is -3.27. The van der Waals surface area contributed by atoms with Gasteiger partial charge in [0.1, 0.15) is 18.2 Å². The fourth-order valence-electron chi connectivity index (χ4n) is 2.76. The summed E-state index contributed by atoms with van der Waals surface area (Å²) < 4.78 is 11.6. The highest BCUT2D eigenvalue weighted by atomic mass is 35.5. The molecule has 0 unspecified atom stereocenters. The molecule has 0 atom stereocenters. The van der Waals surface area contributed by atoms with Gasteiger partial charge in [0.2, 0.25) is 0 Å². The lowest BCUT2D eigenvalue weighted by Gasteiger charge is -2.13. The molecular formula is C24H21ClN2O3S. The van der Waals surface area contributed by atoms with Gasteiger partial charge in [-0.3, -0.25) is 4.79 Å². The molecule has 3 rings (SSSR count). The Morgan fingerprint density at radius 1 is 1.16 bits per heavy atom. The number of carbonyl (C=O) groups excluding carboxylic acids is 1. The number of benzene rings is 2. The van der Waals surface area contributed by atoms with Gasteiger partial charge in [0.05, 0.1) is 13.2 Å². The molecule has 1 N–H and O–H groups in total. The van der Waals surface area contributed by atoms with E-state index in [1.165, 1.54) is 6.08 Å². The minimum Gasteiger partial charge on any atom is -0.490 e. The number of amides is 1. The summed E-state index contributed by atoms with van der Waals surface area (Å²) in [4.78, 5) is 13.4. The molecule has 0 aliphatic heterocycles. The second-order valence-electron chi connectivity index (χ2n) is 6.45. The van der Waals surface area contributed by atoms with Gasteiger partial charge in [-0.15, -0.1) is 11.3 Å². The second kappa shape index (κ2) is 11.2. The van der Waals surface area contributed by atoms with Crippen molar-refractivity contribution in [2.24, 2.45) is 0 Å². The van der Waals surface area contributed by atoms with Gasteiger partial charge in [-0.05, 0) is 48.2 Å². The summed E-state index contributed by atoms with van der Waals surface area (Å²) in [5, 5.41) is 14.8. The third-order valence-electron chi connectivity index (χ3n) is 4.29. The van der Waals surface area contributed by atoms with Crippen LogP contribution in [-0.2, 0) is 17.9 Å². The average Bonchev–Trinajstić information content (AvgIpc) is 3.30. The number of thiophene rings is 1. The standard InChI is InChI=1S/C24H21ClN2O3S/c1-2-29-23-13-17(9-10-22(23)30-16-18-6-3-4-8-21(18)25)12-19(14-26)24(28)27-15-20-7-5-11-31-20/h3-13H,2,15-16H2,1H3,(H,27,28)/b19-12+. The molecule has 0 saturated heterocycles. The maximum Gasteiger partial charge on any atom is 0.262 e. The second-order valence-corrected chi connectivity index (χ2v) is 7.89. The van der Waals surface area contributed by atoms with Crippen LogP contribution in [0.4, 0.5) is 0 Å². The van der Waals surface area contributed by atoms with Gasteiger partial charge in [-0.2, -0.15) is 5.26 Å². The zero-order valence-corrected chi connectivity index (χ0v) is 18.5.